The average molecular weight is 235 g/mol. The number of rotatable bonds is 4. The molecule has 2 rings (SSSR count). The molecule has 1 aromatic heterocycles. The van der Waals surface area contributed by atoms with E-state index in [2.05, 4.69) is 4.98 Å². The minimum Gasteiger partial charge on any atom is -0.423 e. The molecule has 0 radical (unpaired) electrons. The number of hydrogen-bond acceptors (Lipinski definition) is 5. The maximum Gasteiger partial charge on any atom is 0.298 e. The van der Waals surface area contributed by atoms with E-state index in [9.17, 15) is 5.11 Å². The van der Waals surface area contributed by atoms with E-state index in [0.717, 1.165) is 5.52 Å². The molecule has 0 spiro atoms. The Labute approximate surface area is 99.8 Å². The Morgan fingerprint density at radius 3 is 3.00 bits per heavy atom. The van der Waals surface area contributed by atoms with E-state index in [-0.39, 0.29) is 6.10 Å². The molecule has 0 aliphatic carbocycles. The summed E-state index contributed by atoms with van der Waals surface area (Å²) in [4.78, 5) is 6.23. The van der Waals surface area contributed by atoms with Gasteiger partial charge in [-0.05, 0) is 25.5 Å². The summed E-state index contributed by atoms with van der Waals surface area (Å²) in [6.45, 7) is 2.46. The van der Waals surface area contributed by atoms with Crippen LogP contribution in [0.1, 0.15) is 13.3 Å². The van der Waals surface area contributed by atoms with Crippen LogP contribution in [-0.2, 0) is 0 Å². The summed E-state index contributed by atoms with van der Waals surface area (Å²) in [5.74, 6) is 0. The number of benzene rings is 1. The highest BCUT2D eigenvalue weighted by Crippen LogP contribution is 2.23. The van der Waals surface area contributed by atoms with E-state index in [1.165, 1.54) is 0 Å². The van der Waals surface area contributed by atoms with Gasteiger partial charge in [-0.1, -0.05) is 0 Å². The molecule has 1 unspecified atom stereocenters. The van der Waals surface area contributed by atoms with E-state index in [0.29, 0.717) is 30.3 Å². The first kappa shape index (κ1) is 11.7. The highest BCUT2D eigenvalue weighted by molar-refractivity contribution is 5.78. The zero-order valence-corrected chi connectivity index (χ0v) is 10.1. The van der Waals surface area contributed by atoms with Gasteiger partial charge in [0.05, 0.1) is 6.10 Å². The van der Waals surface area contributed by atoms with Crippen LogP contribution >= 0.6 is 0 Å². The first-order valence-electron chi connectivity index (χ1n) is 5.61. The SMILES string of the molecule is CC(O)CCN(C)c1nc2ccc(N)cc2o1. The second-order valence-corrected chi connectivity index (χ2v) is 4.28. The van der Waals surface area contributed by atoms with Crippen LogP contribution in [0.25, 0.3) is 11.1 Å². The van der Waals surface area contributed by atoms with Gasteiger partial charge in [0, 0.05) is 25.3 Å². The number of aliphatic hydroxyl groups excluding tert-OH is 1. The van der Waals surface area contributed by atoms with E-state index in [1.54, 1.807) is 19.1 Å². The van der Waals surface area contributed by atoms with Gasteiger partial charge >= 0.3 is 0 Å². The third kappa shape index (κ3) is 2.68. The minimum absolute atomic E-state index is 0.322. The van der Waals surface area contributed by atoms with Crippen molar-refractivity contribution < 1.29 is 9.52 Å². The topological polar surface area (TPSA) is 75.5 Å². The van der Waals surface area contributed by atoms with Gasteiger partial charge in [0.1, 0.15) is 5.52 Å². The third-order valence-corrected chi connectivity index (χ3v) is 2.61. The van der Waals surface area contributed by atoms with Crippen LogP contribution in [0, 0.1) is 0 Å². The Balaban J connectivity index is 2.18. The Morgan fingerprint density at radius 1 is 1.53 bits per heavy atom. The molecule has 0 fully saturated rings. The van der Waals surface area contributed by atoms with Gasteiger partial charge < -0.3 is 20.2 Å². The summed E-state index contributed by atoms with van der Waals surface area (Å²) >= 11 is 0. The van der Waals surface area contributed by atoms with Gasteiger partial charge in [0.25, 0.3) is 6.01 Å². The molecule has 0 aliphatic heterocycles. The first-order chi connectivity index (χ1) is 8.06. The molecule has 1 heterocycles. The molecule has 1 atom stereocenters. The second-order valence-electron chi connectivity index (χ2n) is 4.28. The van der Waals surface area contributed by atoms with Crippen molar-refractivity contribution in [1.29, 1.82) is 0 Å². The monoisotopic (exact) mass is 235 g/mol. The molecular weight excluding hydrogens is 218 g/mol. The number of oxazole rings is 1. The molecule has 2 aromatic rings. The summed E-state index contributed by atoms with van der Waals surface area (Å²) in [6, 6.07) is 5.94. The Morgan fingerprint density at radius 2 is 2.29 bits per heavy atom. The van der Waals surface area contributed by atoms with E-state index < -0.39 is 0 Å². The fraction of sp³-hybridized carbons (Fsp3) is 0.417. The van der Waals surface area contributed by atoms with Gasteiger partial charge in [-0.2, -0.15) is 4.98 Å². The van der Waals surface area contributed by atoms with Crippen molar-refractivity contribution in [3.63, 3.8) is 0 Å². The zero-order chi connectivity index (χ0) is 12.4. The molecule has 92 valence electrons. The first-order valence-corrected chi connectivity index (χ1v) is 5.61. The number of nitrogens with two attached hydrogens (primary N) is 1. The zero-order valence-electron chi connectivity index (χ0n) is 10.1. The van der Waals surface area contributed by atoms with Gasteiger partial charge in [-0.25, -0.2) is 0 Å². The molecule has 0 aliphatic rings. The number of fused-ring (bicyclic) bond motifs is 1. The van der Waals surface area contributed by atoms with Crippen LogP contribution in [0.5, 0.6) is 0 Å². The van der Waals surface area contributed by atoms with Crippen LogP contribution in [0.15, 0.2) is 22.6 Å². The van der Waals surface area contributed by atoms with Crippen LogP contribution < -0.4 is 10.6 Å². The van der Waals surface area contributed by atoms with Crippen LogP contribution in [0.2, 0.25) is 0 Å². The number of aliphatic hydroxyl groups is 1. The van der Waals surface area contributed by atoms with Crippen molar-refractivity contribution >= 4 is 22.8 Å². The van der Waals surface area contributed by atoms with Crippen LogP contribution in [0.3, 0.4) is 0 Å². The van der Waals surface area contributed by atoms with E-state index in [4.69, 9.17) is 10.2 Å². The fourth-order valence-corrected chi connectivity index (χ4v) is 1.57. The lowest BCUT2D eigenvalue weighted by Crippen LogP contribution is -2.21. The largest absolute Gasteiger partial charge is 0.423 e. The summed E-state index contributed by atoms with van der Waals surface area (Å²) < 4.78 is 5.60. The lowest BCUT2D eigenvalue weighted by Gasteiger charge is -2.14. The Kier molecular flexibility index (Phi) is 3.19. The highest BCUT2D eigenvalue weighted by atomic mass is 16.4. The number of hydrogen-bond donors (Lipinski definition) is 2. The predicted molar refractivity (Wildman–Crippen MR) is 68.0 cm³/mol. The summed E-state index contributed by atoms with van der Waals surface area (Å²) in [5, 5.41) is 9.23. The molecule has 0 saturated carbocycles. The van der Waals surface area contributed by atoms with Gasteiger partial charge in [0.2, 0.25) is 0 Å². The van der Waals surface area contributed by atoms with Gasteiger partial charge in [-0.3, -0.25) is 0 Å². The normalized spacial score (nSPS) is 12.9. The van der Waals surface area contributed by atoms with Crippen molar-refractivity contribution in [3.8, 4) is 0 Å². The summed E-state index contributed by atoms with van der Waals surface area (Å²) in [5.41, 5.74) is 7.81. The molecular formula is C12H17N3O2. The molecule has 0 saturated heterocycles. The number of aromatic nitrogens is 1. The van der Waals surface area contributed by atoms with E-state index >= 15 is 0 Å². The quantitative estimate of drug-likeness (QED) is 0.787. The third-order valence-electron chi connectivity index (χ3n) is 2.61. The number of anilines is 2. The second kappa shape index (κ2) is 4.63. The Bertz CT molecular complexity index is 507. The van der Waals surface area contributed by atoms with Crippen molar-refractivity contribution in [1.82, 2.24) is 4.98 Å². The summed E-state index contributed by atoms with van der Waals surface area (Å²) in [7, 11) is 1.89. The van der Waals surface area contributed by atoms with Crippen LogP contribution in [-0.4, -0.2) is 29.8 Å². The van der Waals surface area contributed by atoms with Gasteiger partial charge in [0.15, 0.2) is 5.58 Å². The number of nitrogen functional groups attached to an aromatic ring is 1. The van der Waals surface area contributed by atoms with Gasteiger partial charge in [-0.15, -0.1) is 0 Å². The average Bonchev–Trinajstić information content (AvgIpc) is 2.68. The molecule has 0 bridgehead atoms. The Hall–Kier alpha value is -1.75. The fourth-order valence-electron chi connectivity index (χ4n) is 1.57. The lowest BCUT2D eigenvalue weighted by atomic mass is 10.3. The molecule has 0 amide bonds. The maximum atomic E-state index is 9.23. The molecule has 5 heteroatoms. The van der Waals surface area contributed by atoms with E-state index in [1.807, 2.05) is 18.0 Å². The maximum absolute atomic E-state index is 9.23. The summed E-state index contributed by atoms with van der Waals surface area (Å²) in [6.07, 6.45) is 0.356. The van der Waals surface area contributed by atoms with Crippen molar-refractivity contribution in [2.75, 3.05) is 24.2 Å². The standard InChI is InChI=1S/C12H17N3O2/c1-8(16)5-6-15(2)12-14-10-4-3-9(13)7-11(10)17-12/h3-4,7-8,16H,5-6,13H2,1-2H3. The molecule has 17 heavy (non-hydrogen) atoms. The predicted octanol–water partition coefficient (Wildman–Crippen LogP) is 1.62. The highest BCUT2D eigenvalue weighted by Gasteiger charge is 2.10. The molecule has 1 aromatic carbocycles. The molecule has 3 N–H and O–H groups in total. The van der Waals surface area contributed by atoms with Crippen molar-refractivity contribution in [2.45, 2.75) is 19.4 Å². The van der Waals surface area contributed by atoms with Crippen molar-refractivity contribution in [2.24, 2.45) is 0 Å². The minimum atomic E-state index is -0.322. The lowest BCUT2D eigenvalue weighted by molar-refractivity contribution is 0.186. The van der Waals surface area contributed by atoms with Crippen molar-refractivity contribution in [3.05, 3.63) is 18.2 Å². The molecule has 5 nitrogen and oxygen atoms in total. The van der Waals surface area contributed by atoms with Crippen LogP contribution in [0.4, 0.5) is 11.7 Å². The smallest absolute Gasteiger partial charge is 0.298 e. The number of nitrogens with zero attached hydrogens (tertiary/aromatic N) is 2.